The molecule has 0 bridgehead atoms. The Hall–Kier alpha value is -3.57. The summed E-state index contributed by atoms with van der Waals surface area (Å²) in [4.78, 5) is 23.8. The number of halogens is 4. The highest BCUT2D eigenvalue weighted by atomic mass is 31.2. The van der Waals surface area contributed by atoms with Gasteiger partial charge < -0.3 is 30.2 Å². The summed E-state index contributed by atoms with van der Waals surface area (Å²) < 4.78 is 93.9. The molecule has 1 aliphatic rings. The Bertz CT molecular complexity index is 1460. The maximum absolute atomic E-state index is 16.0. The number of nitrogens with zero attached hydrogens (tertiary/aromatic N) is 4. The van der Waals surface area contributed by atoms with Gasteiger partial charge >= 0.3 is 19.9 Å². The molecule has 0 amide bonds. The molecule has 0 aliphatic carbocycles. The van der Waals surface area contributed by atoms with E-state index in [4.69, 9.17) is 24.3 Å². The number of imidazole rings is 1. The molecule has 42 heavy (non-hydrogen) atoms. The fraction of sp³-hybridized carbons (Fsp3) is 0.478. The van der Waals surface area contributed by atoms with Crippen molar-refractivity contribution >= 4 is 36.6 Å². The van der Waals surface area contributed by atoms with Gasteiger partial charge in [0.25, 0.3) is 5.67 Å². The topological polar surface area (TPSA) is 185 Å². The fourth-order valence-electron chi connectivity index (χ4n) is 4.18. The van der Waals surface area contributed by atoms with Gasteiger partial charge in [-0.1, -0.05) is 18.2 Å². The number of aliphatic hydroxyl groups is 1. The van der Waals surface area contributed by atoms with Gasteiger partial charge in [0, 0.05) is 7.05 Å². The number of carbonyl (C=O) groups is 1. The Kier molecular flexibility index (Phi) is 8.94. The highest BCUT2D eigenvalue weighted by Gasteiger charge is 2.73. The lowest BCUT2D eigenvalue weighted by atomic mass is 9.95. The van der Waals surface area contributed by atoms with E-state index in [0.717, 1.165) is 6.33 Å². The zero-order valence-electron chi connectivity index (χ0n) is 22.4. The quantitative estimate of drug-likeness (QED) is 0.139. The summed E-state index contributed by atoms with van der Waals surface area (Å²) in [6, 6.07) is 6.24. The van der Waals surface area contributed by atoms with E-state index in [2.05, 4.69) is 25.4 Å². The zero-order chi connectivity index (χ0) is 30.9. The van der Waals surface area contributed by atoms with Crippen LogP contribution in [-0.4, -0.2) is 81.0 Å². The van der Waals surface area contributed by atoms with Gasteiger partial charge in [-0.25, -0.2) is 13.9 Å². The van der Waals surface area contributed by atoms with Gasteiger partial charge in [0.1, 0.15) is 24.0 Å². The molecule has 2 aromatic heterocycles. The Morgan fingerprint density at radius 2 is 2.00 bits per heavy atom. The molecule has 3 heterocycles. The van der Waals surface area contributed by atoms with E-state index in [0.29, 0.717) is 4.57 Å². The molecule has 230 valence electrons. The first-order chi connectivity index (χ1) is 19.7. The number of carbonyl (C=O) groups excluding carboxylic acids is 1. The van der Waals surface area contributed by atoms with E-state index in [-0.39, 0.29) is 35.3 Å². The number of hydrogen-bond donors (Lipinski definition) is 4. The number of fused-ring (bicyclic) bond motifs is 1. The summed E-state index contributed by atoms with van der Waals surface area (Å²) in [6.07, 6.45) is -12.3. The van der Waals surface area contributed by atoms with E-state index in [1.165, 1.54) is 38.2 Å². The van der Waals surface area contributed by atoms with Crippen molar-refractivity contribution in [3.8, 4) is 5.75 Å². The van der Waals surface area contributed by atoms with Crippen molar-refractivity contribution < 1.29 is 50.5 Å². The Labute approximate surface area is 236 Å². The molecular formula is C23H28F4N7O7P. The van der Waals surface area contributed by atoms with Crippen LogP contribution in [0.5, 0.6) is 5.75 Å². The molecule has 4 rings (SSSR count). The van der Waals surface area contributed by atoms with Crippen LogP contribution in [-0.2, 0) is 23.4 Å². The number of benzene rings is 1. The minimum absolute atomic E-state index is 0.00435. The van der Waals surface area contributed by atoms with Crippen LogP contribution in [0.3, 0.4) is 0 Å². The number of esters is 1. The Balaban J connectivity index is 1.66. The van der Waals surface area contributed by atoms with Crippen LogP contribution in [0.2, 0.25) is 0 Å². The van der Waals surface area contributed by atoms with E-state index in [1.807, 2.05) is 0 Å². The molecule has 6 atom stereocenters. The second-order valence-electron chi connectivity index (χ2n) is 9.04. The lowest BCUT2D eigenvalue weighted by Gasteiger charge is -2.31. The Morgan fingerprint density at radius 3 is 2.62 bits per heavy atom. The summed E-state index contributed by atoms with van der Waals surface area (Å²) in [5.74, 6) is -1.13. The standard InChI is InChI=1S/C23H28F4N7O7P/c1-4-38-19(36)12(2)33-42(37,41-13-8-6-5-7-9-13)39-10-14-16(35)22(24,23(25,26)27)20(40-14)34-11-30-15-17(29-3)31-21(28)32-18(15)34/h5-9,11-12,14,16,20,35H,4,10H2,1-3H3,(H,33,37)(H3,28,29,31,32)/t12-,14+,16+,20+,22+,42?/m0/s1. The smallest absolute Gasteiger partial charge is 0.459 e. The molecule has 0 saturated carbocycles. The minimum Gasteiger partial charge on any atom is -0.465 e. The summed E-state index contributed by atoms with van der Waals surface area (Å²) in [5, 5.41) is 15.6. The number of aromatic nitrogens is 4. The fourth-order valence-corrected chi connectivity index (χ4v) is 5.68. The van der Waals surface area contributed by atoms with Crippen LogP contribution in [0, 0.1) is 0 Å². The van der Waals surface area contributed by atoms with Gasteiger partial charge in [0.15, 0.2) is 23.2 Å². The largest absolute Gasteiger partial charge is 0.465 e. The van der Waals surface area contributed by atoms with Crippen LogP contribution >= 0.6 is 7.75 Å². The lowest BCUT2D eigenvalue weighted by molar-refractivity contribution is -0.273. The van der Waals surface area contributed by atoms with Gasteiger partial charge in [-0.05, 0) is 26.0 Å². The average molecular weight is 621 g/mol. The van der Waals surface area contributed by atoms with Crippen molar-refractivity contribution in [2.45, 2.75) is 50.2 Å². The minimum atomic E-state index is -5.67. The number of aliphatic hydroxyl groups excluding tert-OH is 1. The van der Waals surface area contributed by atoms with Gasteiger partial charge in [0.05, 0.1) is 19.5 Å². The molecule has 5 N–H and O–H groups in total. The number of nitrogens with one attached hydrogen (secondary N) is 2. The third kappa shape index (κ3) is 5.98. The number of rotatable bonds is 11. The average Bonchev–Trinajstić information content (AvgIpc) is 3.46. The van der Waals surface area contributed by atoms with Gasteiger partial charge in [-0.3, -0.25) is 13.9 Å². The first-order valence-corrected chi connectivity index (χ1v) is 14.0. The van der Waals surface area contributed by atoms with Crippen LogP contribution in [0.4, 0.5) is 29.3 Å². The monoisotopic (exact) mass is 621 g/mol. The second kappa shape index (κ2) is 12.0. The molecule has 1 aliphatic heterocycles. The first kappa shape index (κ1) is 31.4. The van der Waals surface area contributed by atoms with Gasteiger partial charge in [-0.15, -0.1) is 0 Å². The summed E-state index contributed by atoms with van der Waals surface area (Å²) in [6.45, 7) is 1.76. The highest BCUT2D eigenvalue weighted by Crippen LogP contribution is 2.53. The molecule has 1 fully saturated rings. The molecule has 19 heteroatoms. The van der Waals surface area contributed by atoms with Crippen LogP contribution in [0.25, 0.3) is 11.2 Å². The molecule has 1 aromatic carbocycles. The summed E-state index contributed by atoms with van der Waals surface area (Å²) in [7, 11) is -3.13. The van der Waals surface area contributed by atoms with Gasteiger partial charge in [-0.2, -0.15) is 28.2 Å². The predicted molar refractivity (Wildman–Crippen MR) is 139 cm³/mol. The van der Waals surface area contributed by atoms with Crippen LogP contribution in [0.1, 0.15) is 20.1 Å². The van der Waals surface area contributed by atoms with Gasteiger partial charge in [0.2, 0.25) is 5.95 Å². The van der Waals surface area contributed by atoms with Crippen molar-refractivity contribution in [1.29, 1.82) is 0 Å². The van der Waals surface area contributed by atoms with E-state index in [9.17, 15) is 27.6 Å². The van der Waals surface area contributed by atoms with Crippen molar-refractivity contribution in [3.05, 3.63) is 36.7 Å². The SMILES string of the molecule is CCOC(=O)[C@H](C)NP(=O)(OC[C@H]1O[C@@H](n2cnc3c(NC)nc(N)nc32)[C@@](F)(C(F)(F)F)[C@@H]1O)Oc1ccccc1. The number of anilines is 2. The lowest BCUT2D eigenvalue weighted by Crippen LogP contribution is -2.54. The number of alkyl halides is 4. The number of para-hydroxylation sites is 1. The predicted octanol–water partition coefficient (Wildman–Crippen LogP) is 2.72. The molecule has 14 nitrogen and oxygen atoms in total. The van der Waals surface area contributed by atoms with Crippen LogP contribution in [0.15, 0.2) is 36.7 Å². The van der Waals surface area contributed by atoms with Crippen LogP contribution < -0.4 is 20.7 Å². The van der Waals surface area contributed by atoms with Crippen molar-refractivity contribution in [1.82, 2.24) is 24.6 Å². The maximum Gasteiger partial charge on any atom is 0.459 e. The van der Waals surface area contributed by atoms with Crippen molar-refractivity contribution in [2.24, 2.45) is 0 Å². The third-order valence-electron chi connectivity index (χ3n) is 6.18. The van der Waals surface area contributed by atoms with Crippen molar-refractivity contribution in [3.63, 3.8) is 0 Å². The molecule has 1 unspecified atom stereocenters. The number of nitrogens with two attached hydrogens (primary N) is 1. The highest BCUT2D eigenvalue weighted by molar-refractivity contribution is 7.52. The molecule has 0 radical (unpaired) electrons. The molecular weight excluding hydrogens is 593 g/mol. The number of ether oxygens (including phenoxy) is 2. The van der Waals surface area contributed by atoms with Crippen molar-refractivity contribution in [2.75, 3.05) is 31.3 Å². The summed E-state index contributed by atoms with van der Waals surface area (Å²) in [5.41, 5.74) is 0.878. The molecule has 1 saturated heterocycles. The zero-order valence-corrected chi connectivity index (χ0v) is 23.3. The summed E-state index contributed by atoms with van der Waals surface area (Å²) >= 11 is 0. The number of hydrogen-bond acceptors (Lipinski definition) is 12. The first-order valence-electron chi connectivity index (χ1n) is 12.4. The molecule has 3 aromatic rings. The second-order valence-corrected chi connectivity index (χ2v) is 10.7. The normalized spacial score (nSPS) is 24.7. The number of nitrogen functional groups attached to an aromatic ring is 1. The molecule has 0 spiro atoms. The van der Waals surface area contributed by atoms with E-state index >= 15 is 4.39 Å². The van der Waals surface area contributed by atoms with E-state index in [1.54, 1.807) is 13.0 Å². The Morgan fingerprint density at radius 1 is 1.31 bits per heavy atom. The maximum atomic E-state index is 16.0. The third-order valence-corrected chi connectivity index (χ3v) is 7.82. The van der Waals surface area contributed by atoms with E-state index < -0.39 is 56.6 Å².